The first kappa shape index (κ1) is 13.1. The highest BCUT2D eigenvalue weighted by Gasteiger charge is 2.55. The third-order valence-corrected chi connectivity index (χ3v) is 3.94. The Morgan fingerprint density at radius 3 is 2.91 bits per heavy atom. The molecule has 1 saturated carbocycles. The molecule has 0 N–H and O–H groups in total. The Kier molecular flexibility index (Phi) is 2.63. The summed E-state index contributed by atoms with van der Waals surface area (Å²) in [7, 11) is 3.72. The van der Waals surface area contributed by atoms with Crippen LogP contribution in [-0.4, -0.2) is 50.6 Å². The summed E-state index contributed by atoms with van der Waals surface area (Å²) in [5.74, 6) is -0.564. The minimum atomic E-state index is -0.586. The molecule has 2 aromatic rings. The number of allylic oxidation sites excluding steroid dienone is 2. The van der Waals surface area contributed by atoms with Crippen LogP contribution in [0.1, 0.15) is 12.5 Å². The summed E-state index contributed by atoms with van der Waals surface area (Å²) in [6, 6.07) is -0.150. The van der Waals surface area contributed by atoms with E-state index in [1.54, 1.807) is 22.1 Å². The second-order valence-corrected chi connectivity index (χ2v) is 5.68. The second-order valence-electron chi connectivity index (χ2n) is 5.68. The molecule has 0 aliphatic heterocycles. The fraction of sp³-hybridized carbons (Fsp3) is 0.357. The highest BCUT2D eigenvalue weighted by atomic mass is 19.1. The van der Waals surface area contributed by atoms with Gasteiger partial charge in [0.25, 0.3) is 0 Å². The molecule has 4 rings (SSSR count). The summed E-state index contributed by atoms with van der Waals surface area (Å²) in [6.07, 6.45) is 4.90. The van der Waals surface area contributed by atoms with Gasteiger partial charge in [-0.05, 0) is 5.57 Å². The smallest absolute Gasteiger partial charge is 0.191 e. The minimum absolute atomic E-state index is 0.0476. The van der Waals surface area contributed by atoms with Gasteiger partial charge in [0, 0.05) is 26.4 Å². The molecular weight excluding hydrogens is 287 g/mol. The fourth-order valence-electron chi connectivity index (χ4n) is 2.92. The van der Waals surface area contributed by atoms with Gasteiger partial charge in [-0.25, -0.2) is 24.3 Å². The summed E-state index contributed by atoms with van der Waals surface area (Å²) in [5.41, 5.74) is 1.74. The van der Waals surface area contributed by atoms with E-state index in [4.69, 9.17) is 0 Å². The van der Waals surface area contributed by atoms with E-state index in [9.17, 15) is 9.18 Å². The number of Topliss-reactive ketones (excluding diaryl/α,β-unsaturated/α-hetero) is 1. The summed E-state index contributed by atoms with van der Waals surface area (Å²) >= 11 is 0. The first-order valence-corrected chi connectivity index (χ1v) is 6.89. The van der Waals surface area contributed by atoms with E-state index in [-0.39, 0.29) is 18.4 Å². The number of halogens is 1. The molecule has 2 aliphatic rings. The highest BCUT2D eigenvalue weighted by Crippen LogP contribution is 2.59. The van der Waals surface area contributed by atoms with Crippen LogP contribution in [0.4, 0.5) is 10.2 Å². The van der Waals surface area contributed by atoms with Crippen LogP contribution < -0.4 is 0 Å². The standard InChI is InChI=1S/C14H13FN6O/c1-20(2)5-19-13-11-14(17-4-16-13)21(6-18-11)12-7-3-8(22)10(15)9(7)12/h4-7,12H,3H2,1-2H3/b19-5-/t7-,12?/m1/s1. The van der Waals surface area contributed by atoms with Gasteiger partial charge in [0.1, 0.15) is 6.33 Å². The monoisotopic (exact) mass is 300 g/mol. The first-order chi connectivity index (χ1) is 10.6. The van der Waals surface area contributed by atoms with Gasteiger partial charge in [-0.2, -0.15) is 0 Å². The van der Waals surface area contributed by atoms with Gasteiger partial charge in [0.2, 0.25) is 0 Å². The molecule has 22 heavy (non-hydrogen) atoms. The van der Waals surface area contributed by atoms with Crippen LogP contribution in [0.2, 0.25) is 0 Å². The predicted molar refractivity (Wildman–Crippen MR) is 77.4 cm³/mol. The van der Waals surface area contributed by atoms with Gasteiger partial charge in [0.15, 0.2) is 28.6 Å². The van der Waals surface area contributed by atoms with Gasteiger partial charge in [-0.15, -0.1) is 0 Å². The topological polar surface area (TPSA) is 76.3 Å². The Bertz CT molecular complexity index is 852. The molecule has 112 valence electrons. The second kappa shape index (κ2) is 4.43. The number of hydrogen-bond acceptors (Lipinski definition) is 5. The van der Waals surface area contributed by atoms with Crippen molar-refractivity contribution in [3.05, 3.63) is 24.1 Å². The lowest BCUT2D eigenvalue weighted by molar-refractivity contribution is -0.116. The number of imidazole rings is 1. The number of ketones is 1. The van der Waals surface area contributed by atoms with Crippen LogP contribution in [0.25, 0.3) is 11.2 Å². The van der Waals surface area contributed by atoms with E-state index < -0.39 is 11.6 Å². The van der Waals surface area contributed by atoms with Gasteiger partial charge in [-0.3, -0.25) is 4.79 Å². The third-order valence-electron chi connectivity index (χ3n) is 3.94. The molecule has 0 aromatic carbocycles. The van der Waals surface area contributed by atoms with E-state index in [2.05, 4.69) is 19.9 Å². The van der Waals surface area contributed by atoms with Crippen molar-refractivity contribution in [3.8, 4) is 0 Å². The Morgan fingerprint density at radius 1 is 1.41 bits per heavy atom. The van der Waals surface area contributed by atoms with E-state index >= 15 is 0 Å². The van der Waals surface area contributed by atoms with E-state index in [1.807, 2.05) is 14.1 Å². The van der Waals surface area contributed by atoms with Gasteiger partial charge in [-0.1, -0.05) is 0 Å². The quantitative estimate of drug-likeness (QED) is 0.633. The number of aliphatic imine (C=N–C) groups is 1. The van der Waals surface area contributed by atoms with E-state index in [0.717, 1.165) is 0 Å². The Balaban J connectivity index is 1.77. The first-order valence-electron chi connectivity index (χ1n) is 6.89. The number of aromatic nitrogens is 4. The molecule has 0 amide bonds. The summed E-state index contributed by atoms with van der Waals surface area (Å²) < 4.78 is 15.5. The molecule has 7 nitrogen and oxygen atoms in total. The van der Waals surface area contributed by atoms with Crippen molar-refractivity contribution in [1.82, 2.24) is 24.4 Å². The van der Waals surface area contributed by atoms with Gasteiger partial charge in [0.05, 0.1) is 18.7 Å². The SMILES string of the molecule is CN(C)/C=N\c1ncnc2c1ncn2C1C2=C(F)C(=O)C[C@H]21. The highest BCUT2D eigenvalue weighted by molar-refractivity contribution is 6.00. The Labute approximate surface area is 125 Å². The maximum atomic E-state index is 13.7. The number of nitrogens with zero attached hydrogens (tertiary/aromatic N) is 6. The zero-order chi connectivity index (χ0) is 15.4. The third kappa shape index (κ3) is 1.76. The molecule has 0 saturated heterocycles. The minimum Gasteiger partial charge on any atom is -0.369 e. The van der Waals surface area contributed by atoms with Crippen LogP contribution in [0.5, 0.6) is 0 Å². The number of carbonyl (C=O) groups excluding carboxylic acids is 1. The fourth-order valence-corrected chi connectivity index (χ4v) is 2.92. The van der Waals surface area contributed by atoms with Crippen LogP contribution in [0.15, 0.2) is 29.0 Å². The number of fused-ring (bicyclic) bond motifs is 2. The molecule has 2 heterocycles. The molecule has 8 heteroatoms. The lowest BCUT2D eigenvalue weighted by Gasteiger charge is -2.04. The molecular formula is C14H13FN6O. The Hall–Kier alpha value is -2.64. The molecule has 2 aliphatic carbocycles. The predicted octanol–water partition coefficient (Wildman–Crippen LogP) is 1.41. The summed E-state index contributed by atoms with van der Waals surface area (Å²) in [6.45, 7) is 0. The molecule has 2 aromatic heterocycles. The van der Waals surface area contributed by atoms with Crippen molar-refractivity contribution in [3.63, 3.8) is 0 Å². The number of carbonyl (C=O) groups is 1. The maximum Gasteiger partial charge on any atom is 0.191 e. The van der Waals surface area contributed by atoms with Crippen LogP contribution in [0.3, 0.4) is 0 Å². The van der Waals surface area contributed by atoms with Crippen LogP contribution in [0, 0.1) is 5.92 Å². The van der Waals surface area contributed by atoms with Crippen molar-refractivity contribution in [2.45, 2.75) is 12.5 Å². The normalized spacial score (nSPS) is 23.7. The Morgan fingerprint density at radius 2 is 2.23 bits per heavy atom. The number of hydrogen-bond donors (Lipinski definition) is 0. The molecule has 0 radical (unpaired) electrons. The molecule has 0 spiro atoms. The van der Waals surface area contributed by atoms with Crippen molar-refractivity contribution in [2.75, 3.05) is 14.1 Å². The van der Waals surface area contributed by atoms with Gasteiger partial charge >= 0.3 is 0 Å². The summed E-state index contributed by atoms with van der Waals surface area (Å²) in [4.78, 5) is 30.0. The molecule has 1 fully saturated rings. The zero-order valence-electron chi connectivity index (χ0n) is 12.1. The summed E-state index contributed by atoms with van der Waals surface area (Å²) in [5, 5.41) is 0. The number of rotatable bonds is 3. The van der Waals surface area contributed by atoms with Crippen LogP contribution in [-0.2, 0) is 4.79 Å². The maximum absolute atomic E-state index is 13.7. The lowest BCUT2D eigenvalue weighted by Crippen LogP contribution is -2.07. The van der Waals surface area contributed by atoms with Crippen molar-refractivity contribution in [1.29, 1.82) is 0 Å². The average molecular weight is 300 g/mol. The van der Waals surface area contributed by atoms with Crippen molar-refractivity contribution < 1.29 is 9.18 Å². The molecule has 1 unspecified atom stereocenters. The van der Waals surface area contributed by atoms with E-state index in [0.29, 0.717) is 22.6 Å². The lowest BCUT2D eigenvalue weighted by atomic mass is 10.2. The zero-order valence-corrected chi connectivity index (χ0v) is 12.1. The van der Waals surface area contributed by atoms with Crippen LogP contribution >= 0.6 is 0 Å². The van der Waals surface area contributed by atoms with E-state index in [1.165, 1.54) is 6.33 Å². The van der Waals surface area contributed by atoms with Gasteiger partial charge < -0.3 is 9.47 Å². The van der Waals surface area contributed by atoms with Crippen molar-refractivity contribution >= 4 is 29.1 Å². The average Bonchev–Trinajstić information content (AvgIpc) is 2.86. The molecule has 0 bridgehead atoms. The van der Waals surface area contributed by atoms with Crippen molar-refractivity contribution in [2.24, 2.45) is 10.9 Å². The largest absolute Gasteiger partial charge is 0.369 e. The molecule has 2 atom stereocenters.